The van der Waals surface area contributed by atoms with Crippen LogP contribution in [0.15, 0.2) is 12.1 Å². The van der Waals surface area contributed by atoms with Crippen LogP contribution < -0.4 is 10.2 Å². The van der Waals surface area contributed by atoms with Crippen LogP contribution in [0, 0.1) is 6.92 Å². The van der Waals surface area contributed by atoms with Crippen LogP contribution in [0.1, 0.15) is 5.69 Å². The molecule has 0 spiro atoms. The van der Waals surface area contributed by atoms with Crippen molar-refractivity contribution in [1.82, 2.24) is 4.98 Å². The predicted octanol–water partition coefficient (Wildman–Crippen LogP) is 0.192. The maximum Gasteiger partial charge on any atom is 0.205 e. The summed E-state index contributed by atoms with van der Waals surface area (Å²) < 4.78 is 4.89. The molecular formula is C7H8BNO. The highest BCUT2D eigenvalue weighted by molar-refractivity contribution is 6.33. The maximum atomic E-state index is 5.51. The molecule has 0 N–H and O–H groups in total. The van der Waals surface area contributed by atoms with Gasteiger partial charge in [0.1, 0.15) is 7.85 Å². The van der Waals surface area contributed by atoms with Crippen molar-refractivity contribution in [2.75, 3.05) is 7.11 Å². The number of methoxy groups -OCH3 is 1. The lowest BCUT2D eigenvalue weighted by molar-refractivity contribution is 0.400. The van der Waals surface area contributed by atoms with E-state index in [1.807, 2.05) is 13.0 Å². The summed E-state index contributed by atoms with van der Waals surface area (Å²) in [5.74, 6) is 0.500. The van der Waals surface area contributed by atoms with Crippen molar-refractivity contribution in [3.05, 3.63) is 17.8 Å². The molecular weight excluding hydrogens is 125 g/mol. The molecule has 1 heterocycles. The number of hydrogen-bond acceptors (Lipinski definition) is 2. The fourth-order valence-electron chi connectivity index (χ4n) is 0.707. The average molecular weight is 133 g/mol. The SMILES string of the molecule is [B]c1ccc(C)nc1OC. The molecule has 0 saturated heterocycles. The summed E-state index contributed by atoms with van der Waals surface area (Å²) in [5.41, 5.74) is 1.49. The van der Waals surface area contributed by atoms with Crippen LogP contribution in [0.3, 0.4) is 0 Å². The Balaban J connectivity index is 3.09. The fourth-order valence-corrected chi connectivity index (χ4v) is 0.707. The first kappa shape index (κ1) is 7.13. The first-order valence-electron chi connectivity index (χ1n) is 3.01. The topological polar surface area (TPSA) is 22.1 Å². The molecule has 1 rings (SSSR count). The summed E-state index contributed by atoms with van der Waals surface area (Å²) in [4.78, 5) is 4.04. The number of hydrogen-bond donors (Lipinski definition) is 0. The van der Waals surface area contributed by atoms with Gasteiger partial charge in [-0.3, -0.25) is 0 Å². The molecule has 0 saturated carbocycles. The van der Waals surface area contributed by atoms with E-state index in [1.165, 1.54) is 0 Å². The van der Waals surface area contributed by atoms with E-state index in [4.69, 9.17) is 12.6 Å². The minimum absolute atomic E-state index is 0.500. The van der Waals surface area contributed by atoms with Crippen molar-refractivity contribution < 1.29 is 4.74 Å². The molecule has 0 fully saturated rings. The van der Waals surface area contributed by atoms with Gasteiger partial charge in [0.05, 0.1) is 7.11 Å². The van der Waals surface area contributed by atoms with Gasteiger partial charge in [0.25, 0.3) is 0 Å². The summed E-state index contributed by atoms with van der Waals surface area (Å²) >= 11 is 0. The van der Waals surface area contributed by atoms with E-state index in [2.05, 4.69) is 4.98 Å². The number of ether oxygens (including phenoxy) is 1. The lowest BCUT2D eigenvalue weighted by Crippen LogP contribution is -2.09. The van der Waals surface area contributed by atoms with Crippen molar-refractivity contribution in [3.8, 4) is 5.88 Å². The van der Waals surface area contributed by atoms with E-state index in [-0.39, 0.29) is 0 Å². The number of aromatic nitrogens is 1. The molecule has 1 aromatic heterocycles. The molecule has 0 bridgehead atoms. The third kappa shape index (κ3) is 1.29. The van der Waals surface area contributed by atoms with Crippen molar-refractivity contribution >= 4 is 13.3 Å². The monoisotopic (exact) mass is 133 g/mol. The van der Waals surface area contributed by atoms with Gasteiger partial charge in [0.2, 0.25) is 5.88 Å². The van der Waals surface area contributed by atoms with Crippen molar-refractivity contribution in [2.24, 2.45) is 0 Å². The summed E-state index contributed by atoms with van der Waals surface area (Å²) in [6.07, 6.45) is 0. The van der Waals surface area contributed by atoms with E-state index in [9.17, 15) is 0 Å². The van der Waals surface area contributed by atoms with Crippen LogP contribution in [0.2, 0.25) is 0 Å². The zero-order valence-corrected chi connectivity index (χ0v) is 6.09. The van der Waals surface area contributed by atoms with E-state index < -0.39 is 0 Å². The second kappa shape index (κ2) is 2.73. The number of rotatable bonds is 1. The van der Waals surface area contributed by atoms with Gasteiger partial charge < -0.3 is 4.74 Å². The van der Waals surface area contributed by atoms with Gasteiger partial charge in [-0.15, -0.1) is 0 Å². The van der Waals surface area contributed by atoms with Crippen molar-refractivity contribution in [3.63, 3.8) is 0 Å². The van der Waals surface area contributed by atoms with E-state index in [0.29, 0.717) is 11.3 Å². The molecule has 3 heteroatoms. The standard InChI is InChI=1S/C7H8BNO/c1-5-3-4-6(8)7(9-5)10-2/h3-4H,1-2H3. The zero-order valence-electron chi connectivity index (χ0n) is 6.09. The second-order valence-electron chi connectivity index (χ2n) is 2.05. The highest BCUT2D eigenvalue weighted by Crippen LogP contribution is 2.00. The fraction of sp³-hybridized carbons (Fsp3) is 0.286. The smallest absolute Gasteiger partial charge is 0.205 e. The van der Waals surface area contributed by atoms with E-state index >= 15 is 0 Å². The number of aryl methyl sites for hydroxylation is 1. The van der Waals surface area contributed by atoms with Crippen LogP contribution in [-0.2, 0) is 0 Å². The van der Waals surface area contributed by atoms with Crippen LogP contribution >= 0.6 is 0 Å². The Bertz CT molecular complexity index is 237. The molecule has 2 radical (unpaired) electrons. The van der Waals surface area contributed by atoms with Gasteiger partial charge in [-0.2, -0.15) is 0 Å². The van der Waals surface area contributed by atoms with Gasteiger partial charge in [-0.1, -0.05) is 6.07 Å². The summed E-state index contributed by atoms with van der Waals surface area (Å²) in [5, 5.41) is 0. The largest absolute Gasteiger partial charge is 0.481 e. The molecule has 0 unspecified atom stereocenters. The summed E-state index contributed by atoms with van der Waals surface area (Å²) in [6, 6.07) is 3.62. The van der Waals surface area contributed by atoms with Crippen LogP contribution in [0.5, 0.6) is 5.88 Å². The van der Waals surface area contributed by atoms with Gasteiger partial charge >= 0.3 is 0 Å². The molecule has 10 heavy (non-hydrogen) atoms. The highest BCUT2D eigenvalue weighted by Gasteiger charge is 1.96. The molecule has 0 aromatic carbocycles. The Hall–Kier alpha value is -0.985. The summed E-state index contributed by atoms with van der Waals surface area (Å²) in [7, 11) is 7.07. The average Bonchev–Trinajstić information content (AvgIpc) is 1.94. The second-order valence-corrected chi connectivity index (χ2v) is 2.05. The van der Waals surface area contributed by atoms with Crippen LogP contribution in [0.4, 0.5) is 0 Å². The van der Waals surface area contributed by atoms with Gasteiger partial charge in [0.15, 0.2) is 0 Å². The first-order valence-corrected chi connectivity index (χ1v) is 3.01. The first-order chi connectivity index (χ1) is 4.74. The van der Waals surface area contributed by atoms with Gasteiger partial charge in [-0.05, 0) is 18.5 Å². The Morgan fingerprint density at radius 3 is 2.70 bits per heavy atom. The zero-order chi connectivity index (χ0) is 7.56. The lowest BCUT2D eigenvalue weighted by atomic mass is 9.98. The Kier molecular flexibility index (Phi) is 1.95. The molecule has 1 aromatic rings. The molecule has 2 nitrogen and oxygen atoms in total. The number of nitrogens with zero attached hydrogens (tertiary/aromatic N) is 1. The van der Waals surface area contributed by atoms with Crippen molar-refractivity contribution in [1.29, 1.82) is 0 Å². The summed E-state index contributed by atoms with van der Waals surface area (Å²) in [6.45, 7) is 1.89. The molecule has 0 aliphatic heterocycles. The lowest BCUT2D eigenvalue weighted by Gasteiger charge is -2.02. The maximum absolute atomic E-state index is 5.51. The third-order valence-corrected chi connectivity index (χ3v) is 1.22. The molecule has 0 amide bonds. The molecule has 0 aliphatic carbocycles. The molecule has 0 aliphatic rings. The van der Waals surface area contributed by atoms with Gasteiger partial charge in [0, 0.05) is 5.69 Å². The van der Waals surface area contributed by atoms with Crippen LogP contribution in [0.25, 0.3) is 0 Å². The normalized spacial score (nSPS) is 9.40. The quantitative estimate of drug-likeness (QED) is 0.510. The van der Waals surface area contributed by atoms with Gasteiger partial charge in [-0.25, -0.2) is 4.98 Å². The molecule has 0 atom stereocenters. The van der Waals surface area contributed by atoms with E-state index in [1.54, 1.807) is 13.2 Å². The van der Waals surface area contributed by atoms with Crippen molar-refractivity contribution in [2.45, 2.75) is 6.92 Å². The number of pyridine rings is 1. The predicted molar refractivity (Wildman–Crippen MR) is 40.9 cm³/mol. The third-order valence-electron chi connectivity index (χ3n) is 1.22. The minimum atomic E-state index is 0.500. The van der Waals surface area contributed by atoms with E-state index in [0.717, 1.165) is 5.69 Å². The highest BCUT2D eigenvalue weighted by atomic mass is 16.5. The Morgan fingerprint density at radius 2 is 2.20 bits per heavy atom. The van der Waals surface area contributed by atoms with Crippen LogP contribution in [-0.4, -0.2) is 19.9 Å². The minimum Gasteiger partial charge on any atom is -0.481 e. The molecule has 50 valence electrons. The Morgan fingerprint density at radius 1 is 1.50 bits per heavy atom. The Labute approximate surface area is 61.6 Å².